The number of H-pyrrole nitrogens is 1. The highest BCUT2D eigenvalue weighted by atomic mass is 19.1. The van der Waals surface area contributed by atoms with Crippen molar-refractivity contribution in [1.29, 1.82) is 0 Å². The van der Waals surface area contributed by atoms with E-state index in [1.165, 1.54) is 17.0 Å². The molecule has 350 valence electrons. The lowest BCUT2D eigenvalue weighted by atomic mass is 10.0. The predicted molar refractivity (Wildman–Crippen MR) is 243 cm³/mol. The molecule has 0 radical (unpaired) electrons. The number of piperidine rings is 1. The zero-order valence-corrected chi connectivity index (χ0v) is 36.7. The Labute approximate surface area is 384 Å². The number of ether oxygens (including phenoxy) is 2. The summed E-state index contributed by atoms with van der Waals surface area (Å²) in [6.45, 7) is 4.29. The Kier molecular flexibility index (Phi) is 13.7. The molecule has 0 saturated carbocycles. The van der Waals surface area contributed by atoms with Crippen LogP contribution in [0.15, 0.2) is 72.8 Å². The van der Waals surface area contributed by atoms with Crippen LogP contribution in [0.4, 0.5) is 31.7 Å². The average Bonchev–Trinajstić information content (AvgIpc) is 3.88. The number of anilines is 4. The normalized spacial score (nSPS) is 17.7. The maximum absolute atomic E-state index is 14.0. The van der Waals surface area contributed by atoms with Gasteiger partial charge in [-0.2, -0.15) is 5.10 Å². The molecule has 1 aromatic heterocycles. The Bertz CT molecular complexity index is 2660. The second-order valence-electron chi connectivity index (χ2n) is 17.0. The molecule has 0 spiro atoms. The van der Waals surface area contributed by atoms with Crippen molar-refractivity contribution in [2.24, 2.45) is 0 Å². The molecule has 1 unspecified atom stereocenters. The molecule has 0 bridgehead atoms. The number of imide groups is 1. The van der Waals surface area contributed by atoms with Crippen molar-refractivity contribution in [3.8, 4) is 0 Å². The summed E-state index contributed by atoms with van der Waals surface area (Å²) < 4.78 is 39.1. The van der Waals surface area contributed by atoms with Gasteiger partial charge in [-0.1, -0.05) is 12.1 Å². The molecule has 17 nitrogen and oxygen atoms in total. The number of aromatic nitrogens is 2. The number of carbonyl (C=O) groups excluding carboxylic acids is 5. The zero-order chi connectivity index (χ0) is 46.4. The van der Waals surface area contributed by atoms with Gasteiger partial charge in [0.15, 0.2) is 5.82 Å². The maximum Gasteiger partial charge on any atom is 0.258 e. The molecule has 1 atom stereocenters. The predicted octanol–water partition coefficient (Wildman–Crippen LogP) is 5.14. The fraction of sp³-hybridized carbons (Fsp3) is 0.375. The highest BCUT2D eigenvalue weighted by molar-refractivity contribution is 6.11. The largest absolute Gasteiger partial charge is 0.381 e. The van der Waals surface area contributed by atoms with Gasteiger partial charge in [0.25, 0.3) is 11.8 Å². The minimum atomic E-state index is -0.711. The van der Waals surface area contributed by atoms with Gasteiger partial charge in [-0.05, 0) is 91.4 Å². The average molecular weight is 920 g/mol. The number of piperazine rings is 1. The molecule has 4 aromatic carbocycles. The van der Waals surface area contributed by atoms with Gasteiger partial charge in [0.2, 0.25) is 17.7 Å². The molecule has 3 saturated heterocycles. The van der Waals surface area contributed by atoms with Gasteiger partial charge in [0.1, 0.15) is 17.7 Å². The molecule has 4 aliphatic rings. The number of aromatic amines is 1. The third-order valence-electron chi connectivity index (χ3n) is 12.6. The molecular formula is C48H51F2N9O8. The lowest BCUT2D eigenvalue weighted by Gasteiger charge is -2.36. The number of carbonyl (C=O) groups is 5. The van der Waals surface area contributed by atoms with E-state index in [0.29, 0.717) is 96.2 Å². The molecule has 5 N–H and O–H groups in total. The topological polar surface area (TPSA) is 200 Å². The van der Waals surface area contributed by atoms with Gasteiger partial charge in [-0.3, -0.25) is 44.7 Å². The number of fused-ring (bicyclic) bond motifs is 2. The van der Waals surface area contributed by atoms with Crippen molar-refractivity contribution in [3.63, 3.8) is 0 Å². The molecule has 5 aromatic rings. The van der Waals surface area contributed by atoms with Gasteiger partial charge < -0.3 is 34.8 Å². The highest BCUT2D eigenvalue weighted by Gasteiger charge is 2.40. The van der Waals surface area contributed by atoms with Gasteiger partial charge in [-0.25, -0.2) is 8.78 Å². The second-order valence-corrected chi connectivity index (χ2v) is 17.0. The summed E-state index contributed by atoms with van der Waals surface area (Å²) in [5.41, 5.74) is 8.66. The van der Waals surface area contributed by atoms with E-state index in [4.69, 9.17) is 14.3 Å². The minimum absolute atomic E-state index is 0.0152. The fourth-order valence-corrected chi connectivity index (χ4v) is 9.04. The summed E-state index contributed by atoms with van der Waals surface area (Å²) in [4.78, 5) is 75.4. The van der Waals surface area contributed by atoms with Crippen molar-refractivity contribution in [2.45, 2.75) is 57.2 Å². The zero-order valence-electron chi connectivity index (χ0n) is 36.7. The minimum Gasteiger partial charge on any atom is -0.381 e. The summed E-state index contributed by atoms with van der Waals surface area (Å²) in [7, 11) is 0. The molecule has 0 aliphatic carbocycles. The van der Waals surface area contributed by atoms with Crippen molar-refractivity contribution in [3.05, 3.63) is 112 Å². The van der Waals surface area contributed by atoms with E-state index < -0.39 is 23.6 Å². The molecule has 5 amide bonds. The summed E-state index contributed by atoms with van der Waals surface area (Å²) >= 11 is 0. The highest BCUT2D eigenvalue weighted by Crippen LogP contribution is 2.33. The molecule has 9 rings (SSSR count). The van der Waals surface area contributed by atoms with Crippen LogP contribution in [0.3, 0.4) is 0 Å². The Morgan fingerprint density at radius 3 is 2.45 bits per heavy atom. The fourth-order valence-electron chi connectivity index (χ4n) is 9.04. The first-order valence-corrected chi connectivity index (χ1v) is 22.5. The first kappa shape index (κ1) is 45.2. The van der Waals surface area contributed by atoms with E-state index in [9.17, 15) is 32.8 Å². The first-order valence-electron chi connectivity index (χ1n) is 22.5. The van der Waals surface area contributed by atoms with E-state index in [1.54, 1.807) is 24.3 Å². The van der Waals surface area contributed by atoms with Crippen molar-refractivity contribution >= 4 is 63.3 Å². The summed E-state index contributed by atoms with van der Waals surface area (Å²) in [5, 5.41) is 16.9. The number of nitrogens with one attached hydrogen (secondary N) is 5. The third-order valence-corrected chi connectivity index (χ3v) is 12.6. The second kappa shape index (κ2) is 20.3. The lowest BCUT2D eigenvalue weighted by molar-refractivity contribution is -0.137. The van der Waals surface area contributed by atoms with Crippen LogP contribution in [0.2, 0.25) is 0 Å². The number of halogens is 2. The van der Waals surface area contributed by atoms with Crippen LogP contribution in [0.1, 0.15) is 69.5 Å². The molecular weight excluding hydrogens is 869 g/mol. The van der Waals surface area contributed by atoms with Crippen LogP contribution >= 0.6 is 0 Å². The van der Waals surface area contributed by atoms with E-state index in [-0.39, 0.29) is 75.3 Å². The number of amides is 5. The number of hydrogen-bond donors (Lipinski definition) is 5. The van der Waals surface area contributed by atoms with Crippen LogP contribution in [-0.4, -0.2) is 121 Å². The molecule has 5 heterocycles. The van der Waals surface area contributed by atoms with E-state index in [2.05, 4.69) is 36.5 Å². The SMILES string of the molecule is O=C1CCC(N2Cc3c(NOCCOCCC(=O)N4CCN(c5ccc(C(=O)Nc6n[nH]c7ccc(Cc8cc(F)cc(F)c8)cc67)c(NC6CCOCC6)c5)CC4)cccc3C2=O)C(=O)N1. The van der Waals surface area contributed by atoms with Crippen LogP contribution in [-0.2, 0) is 41.7 Å². The Hall–Kier alpha value is -6.96. The summed E-state index contributed by atoms with van der Waals surface area (Å²) in [6, 6.07) is 19.2. The smallest absolute Gasteiger partial charge is 0.258 e. The van der Waals surface area contributed by atoms with Crippen LogP contribution < -0.4 is 26.3 Å². The van der Waals surface area contributed by atoms with E-state index in [0.717, 1.165) is 30.2 Å². The summed E-state index contributed by atoms with van der Waals surface area (Å²) in [5.74, 6) is -2.41. The van der Waals surface area contributed by atoms with Crippen LogP contribution in [0, 0.1) is 11.6 Å². The van der Waals surface area contributed by atoms with Crippen molar-refractivity contribution in [2.75, 3.05) is 80.2 Å². The Morgan fingerprint density at radius 1 is 0.851 bits per heavy atom. The standard InChI is InChI=1S/C48H51F2N9O8/c49-31-23-30(24-32(50)26-31)22-29-4-7-39-37(25-29)45(55-54-39)53-46(62)36-6-5-34(27-41(36)51-33-10-17-65-18-11-33)57-13-15-58(16-14-57)44(61)12-19-66-20-21-67-56-40-3-1-2-35-38(40)28-59(48(35)64)42-8-9-43(60)52-47(42)63/h1-7,23-27,33,42,51,56H,8-22,28H2,(H,52,60,63)(H2,53,54,55,62). The van der Waals surface area contributed by atoms with Crippen molar-refractivity contribution in [1.82, 2.24) is 25.3 Å². The summed E-state index contributed by atoms with van der Waals surface area (Å²) in [6.07, 6.45) is 2.53. The Balaban J connectivity index is 0.749. The number of nitrogens with zero attached hydrogens (tertiary/aromatic N) is 4. The third kappa shape index (κ3) is 10.5. The number of hydrogen-bond acceptors (Lipinski definition) is 12. The maximum atomic E-state index is 14.0. The van der Waals surface area contributed by atoms with Crippen molar-refractivity contribution < 1.29 is 47.1 Å². The van der Waals surface area contributed by atoms with E-state index in [1.807, 2.05) is 35.2 Å². The Morgan fingerprint density at radius 2 is 1.66 bits per heavy atom. The molecule has 4 aliphatic heterocycles. The molecule has 67 heavy (non-hydrogen) atoms. The van der Waals surface area contributed by atoms with Gasteiger partial charge >= 0.3 is 0 Å². The first-order chi connectivity index (χ1) is 32.6. The van der Waals surface area contributed by atoms with Gasteiger partial charge in [0, 0.05) is 92.4 Å². The van der Waals surface area contributed by atoms with Gasteiger partial charge in [-0.15, -0.1) is 0 Å². The quantitative estimate of drug-likeness (QED) is 0.0498. The molecule has 3 fully saturated rings. The number of rotatable bonds is 16. The van der Waals surface area contributed by atoms with E-state index >= 15 is 0 Å². The van der Waals surface area contributed by atoms with Crippen LogP contribution in [0.25, 0.3) is 10.9 Å². The lowest BCUT2D eigenvalue weighted by Crippen LogP contribution is -2.52. The van der Waals surface area contributed by atoms with Gasteiger partial charge in [0.05, 0.1) is 43.0 Å². The van der Waals surface area contributed by atoms with Crippen LogP contribution in [0.5, 0.6) is 0 Å². The number of benzene rings is 4. The molecule has 19 heteroatoms. The monoisotopic (exact) mass is 919 g/mol.